The number of phosphoric ester groups is 1. The van der Waals surface area contributed by atoms with E-state index in [0.29, 0.717) is 24.1 Å². The number of likely N-dealkylation sites (N-methyl/N-ethyl adjacent to an activating group) is 1. The van der Waals surface area contributed by atoms with E-state index in [1.165, 1.54) is 257 Å². The maximum atomic E-state index is 12.8. The van der Waals surface area contributed by atoms with Crippen LogP contribution in [0.3, 0.4) is 0 Å². The first kappa shape index (κ1) is 66.5. The predicted octanol–water partition coefficient (Wildman–Crippen LogP) is 18.1. The molecule has 0 aromatic carbocycles. The molecule has 0 N–H and O–H groups in total. The van der Waals surface area contributed by atoms with Gasteiger partial charge in [-0.15, -0.1) is 0 Å². The number of rotatable bonds is 57. The molecular weight excluding hydrogens is 854 g/mol. The van der Waals surface area contributed by atoms with Crippen molar-refractivity contribution in [2.24, 2.45) is 0 Å². The van der Waals surface area contributed by atoms with Crippen LogP contribution in [0.1, 0.15) is 309 Å². The van der Waals surface area contributed by atoms with E-state index in [2.05, 4.69) is 13.8 Å². The molecule has 0 saturated carbocycles. The Hall–Kier alpha value is -0.500. The Balaban J connectivity index is 3.99. The average molecular weight is 973 g/mol. The Morgan fingerprint density at radius 3 is 0.985 bits per heavy atom. The number of hydrogen-bond acceptors (Lipinski definition) is 7. The molecule has 0 aromatic heterocycles. The molecule has 8 nitrogen and oxygen atoms in total. The number of esters is 1. The molecule has 2 unspecified atom stereocenters. The molecule has 0 aromatic rings. The van der Waals surface area contributed by atoms with Crippen LogP contribution in [0.15, 0.2) is 0 Å². The smallest absolute Gasteiger partial charge is 0.306 e. The number of ether oxygens (including phenoxy) is 2. The van der Waals surface area contributed by atoms with Crippen molar-refractivity contribution in [2.75, 3.05) is 54.1 Å². The Morgan fingerprint density at radius 1 is 0.403 bits per heavy atom. The second-order valence-electron chi connectivity index (χ2n) is 21.7. The summed E-state index contributed by atoms with van der Waals surface area (Å²) in [7, 11) is 1.38. The minimum absolute atomic E-state index is 0.0320. The van der Waals surface area contributed by atoms with Crippen molar-refractivity contribution in [3.63, 3.8) is 0 Å². The van der Waals surface area contributed by atoms with Gasteiger partial charge >= 0.3 is 5.97 Å². The van der Waals surface area contributed by atoms with Gasteiger partial charge in [0.2, 0.25) is 0 Å². The second-order valence-corrected chi connectivity index (χ2v) is 23.1. The number of unbranched alkanes of at least 4 members (excludes halogenated alkanes) is 43. The lowest BCUT2D eigenvalue weighted by Gasteiger charge is -2.28. The van der Waals surface area contributed by atoms with Crippen molar-refractivity contribution in [3.05, 3.63) is 0 Å². The number of carbonyl (C=O) groups is 1. The Labute approximate surface area is 418 Å². The maximum Gasteiger partial charge on any atom is 0.306 e. The highest BCUT2D eigenvalue weighted by Crippen LogP contribution is 2.38. The molecule has 67 heavy (non-hydrogen) atoms. The van der Waals surface area contributed by atoms with Gasteiger partial charge < -0.3 is 27.9 Å². The van der Waals surface area contributed by atoms with E-state index in [4.69, 9.17) is 18.5 Å². The summed E-state index contributed by atoms with van der Waals surface area (Å²) in [5.41, 5.74) is 0. The van der Waals surface area contributed by atoms with Gasteiger partial charge in [-0.05, 0) is 12.8 Å². The van der Waals surface area contributed by atoms with Crippen molar-refractivity contribution in [1.82, 2.24) is 0 Å². The van der Waals surface area contributed by atoms with Gasteiger partial charge in [-0.1, -0.05) is 290 Å². The molecule has 0 spiro atoms. The van der Waals surface area contributed by atoms with Crippen molar-refractivity contribution in [1.29, 1.82) is 0 Å². The van der Waals surface area contributed by atoms with Gasteiger partial charge in [0, 0.05) is 13.0 Å². The third-order valence-corrected chi connectivity index (χ3v) is 14.6. The molecule has 2 atom stereocenters. The topological polar surface area (TPSA) is 94.1 Å². The summed E-state index contributed by atoms with van der Waals surface area (Å²) in [4.78, 5) is 25.3. The van der Waals surface area contributed by atoms with E-state index in [1.54, 1.807) is 0 Å². The SMILES string of the molecule is CCCCCCCCCCCCCCCCCCCCCCCCCCC(=O)OC(COCCCCCCCCCCCCCCCCCCCCCCC)COP(=O)([O-])OCC[N+](C)(C)C. The maximum absolute atomic E-state index is 12.8. The lowest BCUT2D eigenvalue weighted by atomic mass is 10.0. The highest BCUT2D eigenvalue weighted by Gasteiger charge is 2.20. The molecule has 0 aliphatic rings. The Kier molecular flexibility index (Phi) is 51.5. The molecule has 0 aliphatic carbocycles. The van der Waals surface area contributed by atoms with Gasteiger partial charge in [-0.2, -0.15) is 0 Å². The summed E-state index contributed by atoms with van der Waals surface area (Å²) in [5.74, 6) is -0.322. The first-order valence-electron chi connectivity index (χ1n) is 29.8. The molecule has 0 bridgehead atoms. The minimum Gasteiger partial charge on any atom is -0.756 e. The fourth-order valence-electron chi connectivity index (χ4n) is 9.08. The van der Waals surface area contributed by atoms with Crippen molar-refractivity contribution < 1.29 is 37.3 Å². The highest BCUT2D eigenvalue weighted by molar-refractivity contribution is 7.45. The normalized spacial score (nSPS) is 13.3. The molecular formula is C58H118NO7P. The van der Waals surface area contributed by atoms with Gasteiger partial charge in [0.05, 0.1) is 34.4 Å². The molecule has 9 heteroatoms. The molecule has 0 radical (unpaired) electrons. The minimum atomic E-state index is -4.53. The fraction of sp³-hybridized carbons (Fsp3) is 0.983. The van der Waals surface area contributed by atoms with Crippen LogP contribution in [0.5, 0.6) is 0 Å². The number of nitrogens with zero attached hydrogens (tertiary/aromatic N) is 1. The summed E-state index contributed by atoms with van der Waals surface area (Å²) in [6.45, 7) is 5.51. The average Bonchev–Trinajstić information content (AvgIpc) is 3.29. The van der Waals surface area contributed by atoms with E-state index in [9.17, 15) is 14.3 Å². The summed E-state index contributed by atoms with van der Waals surface area (Å²) in [5, 5.41) is 0. The molecule has 0 aliphatic heterocycles. The summed E-state index contributed by atoms with van der Waals surface area (Å²) in [6.07, 6.45) is 60.1. The van der Waals surface area contributed by atoms with Crippen molar-refractivity contribution in [2.45, 2.75) is 315 Å². The lowest BCUT2D eigenvalue weighted by Crippen LogP contribution is -2.37. The number of quaternary nitrogens is 1. The zero-order chi connectivity index (χ0) is 49.0. The molecule has 0 heterocycles. The summed E-state index contributed by atoms with van der Waals surface area (Å²) in [6, 6.07) is 0. The Bertz CT molecular complexity index is 1040. The molecule has 0 amide bonds. The van der Waals surface area contributed by atoms with Crippen LogP contribution < -0.4 is 4.89 Å². The number of phosphoric acid groups is 1. The molecule has 0 rings (SSSR count). The van der Waals surface area contributed by atoms with Gasteiger partial charge in [0.1, 0.15) is 19.3 Å². The first-order chi connectivity index (χ1) is 32.6. The number of hydrogen-bond donors (Lipinski definition) is 0. The highest BCUT2D eigenvalue weighted by atomic mass is 31.2. The first-order valence-corrected chi connectivity index (χ1v) is 31.2. The van der Waals surface area contributed by atoms with Crippen LogP contribution in [0.4, 0.5) is 0 Å². The van der Waals surface area contributed by atoms with E-state index in [1.807, 2.05) is 21.1 Å². The van der Waals surface area contributed by atoms with E-state index >= 15 is 0 Å². The zero-order valence-corrected chi connectivity index (χ0v) is 46.8. The van der Waals surface area contributed by atoms with Crippen LogP contribution in [-0.4, -0.2) is 70.7 Å². The van der Waals surface area contributed by atoms with Crippen LogP contribution in [0.2, 0.25) is 0 Å². The van der Waals surface area contributed by atoms with E-state index in [0.717, 1.165) is 32.1 Å². The van der Waals surface area contributed by atoms with Gasteiger partial charge in [0.25, 0.3) is 7.82 Å². The van der Waals surface area contributed by atoms with Crippen LogP contribution in [0, 0.1) is 0 Å². The standard InChI is InChI=1S/C58H118NO7P/c1-6-8-10-12-14-16-18-20-22-24-26-28-29-30-31-33-35-37-39-41-43-45-47-49-51-58(60)66-57(56-65-67(61,62)64-54-52-59(3,4)5)55-63-53-50-48-46-44-42-40-38-36-34-32-27-25-23-21-19-17-15-13-11-9-7-2/h57H,6-56H2,1-5H3. The second kappa shape index (κ2) is 51.8. The van der Waals surface area contributed by atoms with Crippen molar-refractivity contribution in [3.8, 4) is 0 Å². The van der Waals surface area contributed by atoms with Crippen LogP contribution >= 0.6 is 7.82 Å². The molecule has 402 valence electrons. The van der Waals surface area contributed by atoms with E-state index in [-0.39, 0.29) is 25.8 Å². The monoisotopic (exact) mass is 972 g/mol. The van der Waals surface area contributed by atoms with Crippen molar-refractivity contribution >= 4 is 13.8 Å². The number of carbonyl (C=O) groups excluding carboxylic acids is 1. The third-order valence-electron chi connectivity index (χ3n) is 13.7. The van der Waals surface area contributed by atoms with Crippen LogP contribution in [0.25, 0.3) is 0 Å². The quantitative estimate of drug-likeness (QED) is 0.0259. The Morgan fingerprint density at radius 2 is 0.687 bits per heavy atom. The third kappa shape index (κ3) is 56.3. The van der Waals surface area contributed by atoms with Gasteiger partial charge in [-0.25, -0.2) is 0 Å². The largest absolute Gasteiger partial charge is 0.756 e. The van der Waals surface area contributed by atoms with Gasteiger partial charge in [0.15, 0.2) is 0 Å². The van der Waals surface area contributed by atoms with E-state index < -0.39 is 13.9 Å². The summed E-state index contributed by atoms with van der Waals surface area (Å²) < 4.78 is 34.9. The fourth-order valence-corrected chi connectivity index (χ4v) is 9.81. The van der Waals surface area contributed by atoms with Crippen LogP contribution in [-0.2, 0) is 27.9 Å². The zero-order valence-electron chi connectivity index (χ0n) is 45.9. The van der Waals surface area contributed by atoms with Gasteiger partial charge in [-0.3, -0.25) is 9.36 Å². The lowest BCUT2D eigenvalue weighted by molar-refractivity contribution is -0.870. The molecule has 0 saturated heterocycles. The summed E-state index contributed by atoms with van der Waals surface area (Å²) >= 11 is 0. The predicted molar refractivity (Wildman–Crippen MR) is 287 cm³/mol. The molecule has 0 fully saturated rings.